The quantitative estimate of drug-likeness (QED) is 0.294. The summed E-state index contributed by atoms with van der Waals surface area (Å²) in [5, 5.41) is 0. The summed E-state index contributed by atoms with van der Waals surface area (Å²) in [7, 11) is 1.52. The smallest absolute Gasteiger partial charge is 0.308 e. The number of hydrogen-bond acceptors (Lipinski definition) is 2. The Bertz CT molecular complexity index is 213. The van der Waals surface area contributed by atoms with E-state index >= 15 is 0 Å². The number of carbonyl (C=O) groups is 1. The van der Waals surface area contributed by atoms with Gasteiger partial charge < -0.3 is 4.74 Å². The molecule has 0 aliphatic heterocycles. The normalized spacial score (nSPS) is 12.3. The van der Waals surface area contributed by atoms with Crippen LogP contribution in [0.4, 0.5) is 0 Å². The van der Waals surface area contributed by atoms with Crippen molar-refractivity contribution < 1.29 is 9.53 Å². The van der Waals surface area contributed by atoms with Gasteiger partial charge in [-0.1, -0.05) is 84.5 Å². The summed E-state index contributed by atoms with van der Waals surface area (Å²) in [4.78, 5) is 11.8. The number of rotatable bonds is 14. The Morgan fingerprint density at radius 1 is 0.750 bits per heavy atom. The van der Waals surface area contributed by atoms with Crippen molar-refractivity contribution in [2.24, 2.45) is 5.92 Å². The van der Waals surface area contributed by atoms with Crippen LogP contribution >= 0.6 is 0 Å². The van der Waals surface area contributed by atoms with Crippen LogP contribution < -0.4 is 0 Å². The summed E-state index contributed by atoms with van der Waals surface area (Å²) in [6.07, 6.45) is 16.1. The highest BCUT2D eigenvalue weighted by Crippen LogP contribution is 2.20. The largest absolute Gasteiger partial charge is 0.469 e. The third-order valence-electron chi connectivity index (χ3n) is 4.10. The summed E-state index contributed by atoms with van der Waals surface area (Å²) in [5.41, 5.74) is 0. The number of hydrogen-bond donors (Lipinski definition) is 0. The molecule has 2 nitrogen and oxygen atoms in total. The van der Waals surface area contributed by atoms with Crippen LogP contribution in [-0.4, -0.2) is 13.1 Å². The Balaban J connectivity index is 3.71. The van der Waals surface area contributed by atoms with Gasteiger partial charge in [0, 0.05) is 0 Å². The van der Waals surface area contributed by atoms with E-state index in [-0.39, 0.29) is 11.9 Å². The SMILES string of the molecule is CCCCCCCCC(CCCCCCC)C(=O)OC. The van der Waals surface area contributed by atoms with Crippen LogP contribution in [0.3, 0.4) is 0 Å². The molecule has 0 radical (unpaired) electrons. The van der Waals surface area contributed by atoms with Crippen molar-refractivity contribution in [1.29, 1.82) is 0 Å². The fraction of sp³-hybridized carbons (Fsp3) is 0.944. The van der Waals surface area contributed by atoms with Gasteiger partial charge in [-0.2, -0.15) is 0 Å². The molecule has 0 fully saturated rings. The lowest BCUT2D eigenvalue weighted by molar-refractivity contribution is -0.146. The molecule has 120 valence electrons. The van der Waals surface area contributed by atoms with Gasteiger partial charge in [0.2, 0.25) is 0 Å². The molecule has 0 aliphatic rings. The zero-order chi connectivity index (χ0) is 15.1. The van der Waals surface area contributed by atoms with Crippen molar-refractivity contribution in [1.82, 2.24) is 0 Å². The van der Waals surface area contributed by atoms with E-state index in [1.54, 1.807) is 0 Å². The Kier molecular flexibility index (Phi) is 14.5. The van der Waals surface area contributed by atoms with E-state index in [4.69, 9.17) is 4.74 Å². The molecule has 0 aliphatic carbocycles. The summed E-state index contributed by atoms with van der Waals surface area (Å²) in [6.45, 7) is 4.47. The highest BCUT2D eigenvalue weighted by atomic mass is 16.5. The molecular weight excluding hydrogens is 248 g/mol. The van der Waals surface area contributed by atoms with Crippen molar-refractivity contribution in [3.05, 3.63) is 0 Å². The maximum absolute atomic E-state index is 11.8. The zero-order valence-electron chi connectivity index (χ0n) is 14.1. The second-order valence-corrected chi connectivity index (χ2v) is 5.98. The topological polar surface area (TPSA) is 26.3 Å². The van der Waals surface area contributed by atoms with E-state index < -0.39 is 0 Å². The fourth-order valence-corrected chi connectivity index (χ4v) is 2.71. The highest BCUT2D eigenvalue weighted by molar-refractivity contribution is 5.72. The number of esters is 1. The van der Waals surface area contributed by atoms with Gasteiger partial charge >= 0.3 is 5.97 Å². The van der Waals surface area contributed by atoms with E-state index in [9.17, 15) is 4.79 Å². The standard InChI is InChI=1S/C18H36O2/c1-4-6-8-10-12-14-16-17(18(19)20-3)15-13-11-9-7-5-2/h17H,4-16H2,1-3H3. The minimum atomic E-state index is 0.00838. The highest BCUT2D eigenvalue weighted by Gasteiger charge is 2.17. The van der Waals surface area contributed by atoms with Gasteiger partial charge in [0.1, 0.15) is 0 Å². The third kappa shape index (κ3) is 11.3. The molecule has 0 saturated heterocycles. The number of unbranched alkanes of at least 4 members (excludes halogenated alkanes) is 9. The van der Waals surface area contributed by atoms with Crippen molar-refractivity contribution >= 4 is 5.97 Å². The monoisotopic (exact) mass is 284 g/mol. The molecule has 0 spiro atoms. The molecule has 0 bridgehead atoms. The molecular formula is C18H36O2. The first-order valence-corrected chi connectivity index (χ1v) is 8.84. The molecule has 0 heterocycles. The maximum atomic E-state index is 11.8. The molecule has 0 saturated carbocycles. The molecule has 1 atom stereocenters. The van der Waals surface area contributed by atoms with Crippen molar-refractivity contribution in [3.8, 4) is 0 Å². The molecule has 0 aromatic carbocycles. The van der Waals surface area contributed by atoms with E-state index in [2.05, 4.69) is 13.8 Å². The maximum Gasteiger partial charge on any atom is 0.308 e. The van der Waals surface area contributed by atoms with Crippen LogP contribution in [0.15, 0.2) is 0 Å². The molecule has 20 heavy (non-hydrogen) atoms. The molecule has 2 heteroatoms. The Morgan fingerprint density at radius 2 is 1.15 bits per heavy atom. The molecule has 0 N–H and O–H groups in total. The molecule has 0 aromatic rings. The average Bonchev–Trinajstić information content (AvgIpc) is 2.47. The van der Waals surface area contributed by atoms with Gasteiger partial charge in [-0.3, -0.25) is 4.79 Å². The summed E-state index contributed by atoms with van der Waals surface area (Å²) >= 11 is 0. The Morgan fingerprint density at radius 3 is 1.55 bits per heavy atom. The van der Waals surface area contributed by atoms with Crippen LogP contribution in [0.5, 0.6) is 0 Å². The first-order chi connectivity index (χ1) is 9.76. The number of ether oxygens (including phenoxy) is 1. The van der Waals surface area contributed by atoms with Crippen molar-refractivity contribution in [3.63, 3.8) is 0 Å². The second kappa shape index (κ2) is 14.9. The van der Waals surface area contributed by atoms with E-state index in [1.165, 1.54) is 77.7 Å². The van der Waals surface area contributed by atoms with Gasteiger partial charge in [0.15, 0.2) is 0 Å². The third-order valence-corrected chi connectivity index (χ3v) is 4.10. The fourth-order valence-electron chi connectivity index (χ4n) is 2.71. The number of methoxy groups -OCH3 is 1. The van der Waals surface area contributed by atoms with Gasteiger partial charge in [-0.25, -0.2) is 0 Å². The van der Waals surface area contributed by atoms with E-state index in [0.717, 1.165) is 12.8 Å². The first-order valence-electron chi connectivity index (χ1n) is 8.84. The lowest BCUT2D eigenvalue weighted by atomic mass is 9.94. The minimum Gasteiger partial charge on any atom is -0.469 e. The van der Waals surface area contributed by atoms with Crippen molar-refractivity contribution in [2.45, 2.75) is 97.3 Å². The first kappa shape index (κ1) is 19.5. The lowest BCUT2D eigenvalue weighted by Gasteiger charge is -2.14. The van der Waals surface area contributed by atoms with Crippen molar-refractivity contribution in [2.75, 3.05) is 7.11 Å². The van der Waals surface area contributed by atoms with E-state index in [0.29, 0.717) is 0 Å². The summed E-state index contributed by atoms with van der Waals surface area (Å²) < 4.78 is 4.95. The Hall–Kier alpha value is -0.530. The average molecular weight is 284 g/mol. The Labute approximate surface area is 126 Å². The van der Waals surface area contributed by atoms with Gasteiger partial charge in [-0.15, -0.1) is 0 Å². The van der Waals surface area contributed by atoms with Gasteiger partial charge in [-0.05, 0) is 12.8 Å². The zero-order valence-corrected chi connectivity index (χ0v) is 14.1. The molecule has 0 aromatic heterocycles. The summed E-state index contributed by atoms with van der Waals surface area (Å²) in [6, 6.07) is 0. The lowest BCUT2D eigenvalue weighted by Crippen LogP contribution is -2.16. The van der Waals surface area contributed by atoms with Gasteiger partial charge in [0.25, 0.3) is 0 Å². The van der Waals surface area contributed by atoms with Crippen LogP contribution in [0.25, 0.3) is 0 Å². The predicted octanol–water partition coefficient (Wildman–Crippen LogP) is 5.89. The summed E-state index contributed by atoms with van der Waals surface area (Å²) in [5.74, 6) is 0.154. The van der Waals surface area contributed by atoms with Crippen LogP contribution in [0, 0.1) is 5.92 Å². The predicted molar refractivity (Wildman–Crippen MR) is 86.9 cm³/mol. The second-order valence-electron chi connectivity index (χ2n) is 5.98. The number of carbonyl (C=O) groups excluding carboxylic acids is 1. The van der Waals surface area contributed by atoms with Gasteiger partial charge in [0.05, 0.1) is 13.0 Å². The molecule has 1 unspecified atom stereocenters. The molecule has 0 amide bonds. The van der Waals surface area contributed by atoms with E-state index in [1.807, 2.05) is 0 Å². The van der Waals surface area contributed by atoms with Crippen LogP contribution in [-0.2, 0) is 9.53 Å². The van der Waals surface area contributed by atoms with Crippen LogP contribution in [0.2, 0.25) is 0 Å². The molecule has 0 rings (SSSR count). The van der Waals surface area contributed by atoms with Crippen LogP contribution in [0.1, 0.15) is 97.3 Å². The minimum absolute atomic E-state index is 0.00838.